The lowest BCUT2D eigenvalue weighted by atomic mass is 9.99. The molecule has 0 spiro atoms. The second-order valence-corrected chi connectivity index (χ2v) is 10.4. The number of carbonyl (C=O) groups is 1. The van der Waals surface area contributed by atoms with Crippen molar-refractivity contribution in [2.24, 2.45) is 5.92 Å². The van der Waals surface area contributed by atoms with Gasteiger partial charge in [0.15, 0.2) is 0 Å². The highest BCUT2D eigenvalue weighted by Gasteiger charge is 2.34. The smallest absolute Gasteiger partial charge is 0.244 e. The number of aryl methyl sites for hydroxylation is 1. The molecule has 1 atom stereocenters. The van der Waals surface area contributed by atoms with Crippen LogP contribution in [0.5, 0.6) is 0 Å². The molecule has 2 N–H and O–H groups in total. The van der Waals surface area contributed by atoms with Crippen molar-refractivity contribution in [1.82, 2.24) is 24.8 Å². The third kappa shape index (κ3) is 5.64. The SMILES string of the molecule is Cc1nc(SCCNC(=O)[C@H]2CCCN(S(=O)(=O)c3cc(Cl)ccc3Cl)C2)n[nH]1. The first-order valence-corrected chi connectivity index (χ1v) is 12.2. The molecule has 1 fully saturated rings. The van der Waals surface area contributed by atoms with E-state index in [4.69, 9.17) is 23.2 Å². The number of hydrogen-bond donors (Lipinski definition) is 2. The molecule has 3 rings (SSSR count). The molecule has 158 valence electrons. The third-order valence-corrected chi connectivity index (χ3v) is 7.91. The number of halogens is 2. The van der Waals surface area contributed by atoms with Gasteiger partial charge in [0, 0.05) is 30.4 Å². The van der Waals surface area contributed by atoms with Crippen LogP contribution < -0.4 is 5.32 Å². The van der Waals surface area contributed by atoms with Gasteiger partial charge in [0.1, 0.15) is 10.7 Å². The molecule has 0 unspecified atom stereocenters. The molecule has 29 heavy (non-hydrogen) atoms. The van der Waals surface area contributed by atoms with Crippen molar-refractivity contribution in [3.8, 4) is 0 Å². The number of rotatable bonds is 7. The fourth-order valence-electron chi connectivity index (χ4n) is 3.04. The molecule has 12 heteroatoms. The number of amides is 1. The van der Waals surface area contributed by atoms with Crippen molar-refractivity contribution < 1.29 is 13.2 Å². The minimum atomic E-state index is -3.83. The number of hydrogen-bond acceptors (Lipinski definition) is 6. The summed E-state index contributed by atoms with van der Waals surface area (Å²) in [5, 5.41) is 10.7. The molecule has 1 aromatic heterocycles. The monoisotopic (exact) mass is 477 g/mol. The van der Waals surface area contributed by atoms with Crippen LogP contribution in [-0.2, 0) is 14.8 Å². The maximum absolute atomic E-state index is 13.0. The Balaban J connectivity index is 1.56. The summed E-state index contributed by atoms with van der Waals surface area (Å²) >= 11 is 13.4. The van der Waals surface area contributed by atoms with Crippen LogP contribution in [-0.4, -0.2) is 59.2 Å². The number of thioether (sulfide) groups is 1. The number of H-pyrrole nitrogens is 1. The highest BCUT2D eigenvalue weighted by Crippen LogP contribution is 2.30. The van der Waals surface area contributed by atoms with Crippen molar-refractivity contribution >= 4 is 50.9 Å². The van der Waals surface area contributed by atoms with E-state index in [9.17, 15) is 13.2 Å². The Bertz CT molecular complexity index is 983. The largest absolute Gasteiger partial charge is 0.355 e. The second kappa shape index (κ2) is 9.65. The molecule has 0 saturated carbocycles. The zero-order chi connectivity index (χ0) is 21.0. The van der Waals surface area contributed by atoms with E-state index in [0.717, 1.165) is 5.82 Å². The fraction of sp³-hybridized carbons (Fsp3) is 0.471. The highest BCUT2D eigenvalue weighted by molar-refractivity contribution is 7.99. The van der Waals surface area contributed by atoms with Gasteiger partial charge < -0.3 is 5.32 Å². The van der Waals surface area contributed by atoms with Crippen LogP contribution in [0.2, 0.25) is 10.0 Å². The van der Waals surface area contributed by atoms with Gasteiger partial charge >= 0.3 is 0 Å². The number of benzene rings is 1. The lowest BCUT2D eigenvalue weighted by molar-refractivity contribution is -0.125. The Kier molecular flexibility index (Phi) is 7.44. The van der Waals surface area contributed by atoms with Gasteiger partial charge in [-0.15, -0.1) is 5.10 Å². The number of carbonyl (C=O) groups excluding carboxylic acids is 1. The van der Waals surface area contributed by atoms with Crippen LogP contribution in [0.25, 0.3) is 0 Å². The molecule has 1 aliphatic heterocycles. The van der Waals surface area contributed by atoms with E-state index in [1.54, 1.807) is 0 Å². The zero-order valence-corrected chi connectivity index (χ0v) is 18.8. The number of sulfonamides is 1. The maximum Gasteiger partial charge on any atom is 0.244 e. The van der Waals surface area contributed by atoms with Crippen LogP contribution in [0.1, 0.15) is 18.7 Å². The Hall–Kier alpha value is -1.33. The Labute approximate surface area is 183 Å². The summed E-state index contributed by atoms with van der Waals surface area (Å²) < 4.78 is 27.3. The predicted molar refractivity (Wildman–Crippen MR) is 113 cm³/mol. The summed E-state index contributed by atoms with van der Waals surface area (Å²) in [6, 6.07) is 4.33. The summed E-state index contributed by atoms with van der Waals surface area (Å²) in [6.45, 7) is 2.72. The second-order valence-electron chi connectivity index (χ2n) is 6.62. The van der Waals surface area contributed by atoms with E-state index in [1.807, 2.05) is 6.92 Å². The van der Waals surface area contributed by atoms with Gasteiger partial charge in [0.2, 0.25) is 21.1 Å². The molecule has 1 aliphatic rings. The van der Waals surface area contributed by atoms with Gasteiger partial charge in [-0.2, -0.15) is 4.31 Å². The molecule has 8 nitrogen and oxygen atoms in total. The van der Waals surface area contributed by atoms with Crippen molar-refractivity contribution in [2.75, 3.05) is 25.4 Å². The Morgan fingerprint density at radius 1 is 1.41 bits per heavy atom. The average molecular weight is 478 g/mol. The first-order chi connectivity index (χ1) is 13.8. The minimum absolute atomic E-state index is 0.0362. The summed E-state index contributed by atoms with van der Waals surface area (Å²) in [6.07, 6.45) is 1.23. The first kappa shape index (κ1) is 22.4. The van der Waals surface area contributed by atoms with Gasteiger partial charge in [0.25, 0.3) is 0 Å². The van der Waals surface area contributed by atoms with Crippen molar-refractivity contribution in [1.29, 1.82) is 0 Å². The van der Waals surface area contributed by atoms with E-state index in [2.05, 4.69) is 20.5 Å². The van der Waals surface area contributed by atoms with Gasteiger partial charge in [-0.1, -0.05) is 35.0 Å². The fourth-order valence-corrected chi connectivity index (χ4v) is 6.00. The molecule has 2 aromatic rings. The van der Waals surface area contributed by atoms with E-state index in [0.29, 0.717) is 41.9 Å². The summed E-state index contributed by atoms with van der Waals surface area (Å²) in [7, 11) is -3.83. The molecule has 0 bridgehead atoms. The van der Waals surface area contributed by atoms with Gasteiger partial charge in [0.05, 0.1) is 10.9 Å². The summed E-state index contributed by atoms with van der Waals surface area (Å²) in [5.41, 5.74) is 0. The summed E-state index contributed by atoms with van der Waals surface area (Å²) in [4.78, 5) is 16.7. The van der Waals surface area contributed by atoms with Crippen molar-refractivity contribution in [3.63, 3.8) is 0 Å². The topological polar surface area (TPSA) is 108 Å². The minimum Gasteiger partial charge on any atom is -0.355 e. The molecule has 1 aromatic carbocycles. The normalized spacial score (nSPS) is 18.0. The molecule has 1 amide bonds. The van der Waals surface area contributed by atoms with Gasteiger partial charge in [-0.25, -0.2) is 13.4 Å². The molecule has 0 aliphatic carbocycles. The number of aromatic amines is 1. The first-order valence-electron chi connectivity index (χ1n) is 9.02. The van der Waals surface area contributed by atoms with Crippen LogP contribution in [0.3, 0.4) is 0 Å². The number of piperidine rings is 1. The van der Waals surface area contributed by atoms with Crippen molar-refractivity contribution in [3.05, 3.63) is 34.1 Å². The lowest BCUT2D eigenvalue weighted by Gasteiger charge is -2.31. The van der Waals surface area contributed by atoms with E-state index >= 15 is 0 Å². The van der Waals surface area contributed by atoms with E-state index in [1.165, 1.54) is 34.3 Å². The van der Waals surface area contributed by atoms with Crippen LogP contribution in [0, 0.1) is 12.8 Å². The standard InChI is InChI=1S/C17H21Cl2N5O3S2/c1-11-21-17(23-22-11)28-8-6-20-16(25)12-3-2-7-24(10-12)29(26,27)15-9-13(18)4-5-14(15)19/h4-5,9,12H,2-3,6-8,10H2,1H3,(H,20,25)(H,21,22,23)/t12-/m0/s1. The Morgan fingerprint density at radius 2 is 2.21 bits per heavy atom. The van der Waals surface area contributed by atoms with Gasteiger partial charge in [-0.05, 0) is 38.0 Å². The molecule has 1 saturated heterocycles. The summed E-state index contributed by atoms with van der Waals surface area (Å²) in [5.74, 6) is 0.788. The number of nitrogens with zero attached hydrogens (tertiary/aromatic N) is 3. The maximum atomic E-state index is 13.0. The lowest BCUT2D eigenvalue weighted by Crippen LogP contribution is -2.45. The van der Waals surface area contributed by atoms with Crippen LogP contribution in [0.15, 0.2) is 28.3 Å². The Morgan fingerprint density at radius 3 is 2.93 bits per heavy atom. The molecular weight excluding hydrogens is 457 g/mol. The third-order valence-electron chi connectivity index (χ3n) is 4.48. The van der Waals surface area contributed by atoms with Gasteiger partial charge in [-0.3, -0.25) is 9.89 Å². The highest BCUT2D eigenvalue weighted by atomic mass is 35.5. The van der Waals surface area contributed by atoms with Crippen molar-refractivity contribution in [2.45, 2.75) is 29.8 Å². The van der Waals surface area contributed by atoms with Crippen LogP contribution >= 0.6 is 35.0 Å². The van der Waals surface area contributed by atoms with E-state index in [-0.39, 0.29) is 22.4 Å². The van der Waals surface area contributed by atoms with E-state index < -0.39 is 15.9 Å². The average Bonchev–Trinajstić information content (AvgIpc) is 3.12. The number of aromatic nitrogens is 3. The number of nitrogens with one attached hydrogen (secondary N) is 2. The zero-order valence-electron chi connectivity index (χ0n) is 15.7. The molecular formula is C17H21Cl2N5O3S2. The predicted octanol–water partition coefficient (Wildman–Crippen LogP) is 2.73. The molecule has 0 radical (unpaired) electrons. The quantitative estimate of drug-likeness (QED) is 0.468. The molecule has 2 heterocycles. The van der Waals surface area contributed by atoms with Crippen LogP contribution in [0.4, 0.5) is 0 Å².